The van der Waals surface area contributed by atoms with E-state index < -0.39 is 11.2 Å². The van der Waals surface area contributed by atoms with Crippen molar-refractivity contribution in [2.45, 2.75) is 26.9 Å². The minimum Gasteiger partial charge on any atom is -0.379 e. The summed E-state index contributed by atoms with van der Waals surface area (Å²) >= 11 is 0. The van der Waals surface area contributed by atoms with Gasteiger partial charge in [0.05, 0.1) is 19.8 Å². The molecule has 1 fully saturated rings. The first kappa shape index (κ1) is 18.6. The summed E-state index contributed by atoms with van der Waals surface area (Å²) in [6.07, 6.45) is 0. The lowest BCUT2D eigenvalue weighted by atomic mass is 10.1. The summed E-state index contributed by atoms with van der Waals surface area (Å²) in [4.78, 5) is 34.1. The number of morpholine rings is 1. The van der Waals surface area contributed by atoms with Crippen LogP contribution in [0.3, 0.4) is 0 Å². The number of nitrogens with zero attached hydrogens (tertiary/aromatic N) is 4. The van der Waals surface area contributed by atoms with Crippen molar-refractivity contribution < 1.29 is 4.74 Å². The third-order valence-electron chi connectivity index (χ3n) is 5.39. The number of benzene rings is 1. The predicted octanol–water partition coefficient (Wildman–Crippen LogP) is 0.921. The van der Waals surface area contributed by atoms with Crippen molar-refractivity contribution in [2.75, 3.05) is 26.3 Å². The van der Waals surface area contributed by atoms with E-state index >= 15 is 0 Å². The molecule has 4 rings (SSSR count). The highest BCUT2D eigenvalue weighted by Crippen LogP contribution is 2.19. The summed E-state index contributed by atoms with van der Waals surface area (Å²) in [6.45, 7) is 8.29. The molecular formula is C20H25N5O3. The van der Waals surface area contributed by atoms with E-state index in [4.69, 9.17) is 9.72 Å². The zero-order chi connectivity index (χ0) is 19.8. The fraction of sp³-hybridized carbons (Fsp3) is 0.450. The number of hydrogen-bond donors (Lipinski definition) is 1. The third kappa shape index (κ3) is 3.41. The van der Waals surface area contributed by atoms with Crippen LogP contribution in [0.15, 0.2) is 27.8 Å². The normalized spacial score (nSPS) is 15.4. The molecule has 1 aromatic carbocycles. The van der Waals surface area contributed by atoms with E-state index in [2.05, 4.69) is 41.9 Å². The lowest BCUT2D eigenvalue weighted by Crippen LogP contribution is -2.36. The van der Waals surface area contributed by atoms with Crippen LogP contribution in [0.4, 0.5) is 0 Å². The summed E-state index contributed by atoms with van der Waals surface area (Å²) < 4.78 is 8.79. The minimum absolute atomic E-state index is 0.399. The Morgan fingerprint density at radius 3 is 2.64 bits per heavy atom. The summed E-state index contributed by atoms with van der Waals surface area (Å²) in [5.74, 6) is 0.782. The first-order valence-corrected chi connectivity index (χ1v) is 9.48. The van der Waals surface area contributed by atoms with Crippen molar-refractivity contribution in [3.63, 3.8) is 0 Å². The second kappa shape index (κ2) is 7.37. The third-order valence-corrected chi connectivity index (χ3v) is 5.39. The predicted molar refractivity (Wildman–Crippen MR) is 107 cm³/mol. The average Bonchev–Trinajstić information content (AvgIpc) is 3.02. The van der Waals surface area contributed by atoms with Crippen LogP contribution >= 0.6 is 0 Å². The second-order valence-electron chi connectivity index (χ2n) is 7.42. The molecule has 0 aliphatic carbocycles. The van der Waals surface area contributed by atoms with Gasteiger partial charge in [-0.3, -0.25) is 19.2 Å². The van der Waals surface area contributed by atoms with Crippen LogP contribution in [0.2, 0.25) is 0 Å². The van der Waals surface area contributed by atoms with E-state index in [0.717, 1.165) is 30.0 Å². The lowest BCUT2D eigenvalue weighted by Gasteiger charge is -2.26. The lowest BCUT2D eigenvalue weighted by molar-refractivity contribution is 0.0327. The number of nitrogens with one attached hydrogen (secondary N) is 1. The molecule has 1 aliphatic rings. The highest BCUT2D eigenvalue weighted by Gasteiger charge is 2.21. The van der Waals surface area contributed by atoms with Crippen LogP contribution < -0.4 is 11.2 Å². The van der Waals surface area contributed by atoms with Gasteiger partial charge >= 0.3 is 5.69 Å². The van der Waals surface area contributed by atoms with Gasteiger partial charge in [0.15, 0.2) is 11.2 Å². The van der Waals surface area contributed by atoms with Crippen molar-refractivity contribution in [1.82, 2.24) is 24.0 Å². The maximum absolute atomic E-state index is 12.7. The molecule has 0 amide bonds. The molecule has 8 nitrogen and oxygen atoms in total. The summed E-state index contributed by atoms with van der Waals surface area (Å²) in [5, 5.41) is 0. The number of ether oxygens (including phenoxy) is 1. The Balaban J connectivity index is 1.86. The van der Waals surface area contributed by atoms with Crippen LogP contribution in [-0.2, 0) is 24.9 Å². The zero-order valence-corrected chi connectivity index (χ0v) is 16.5. The Morgan fingerprint density at radius 2 is 1.89 bits per heavy atom. The average molecular weight is 383 g/mol. The molecule has 8 heteroatoms. The number of aryl methyl sites for hydroxylation is 3. The molecule has 148 valence electrons. The molecule has 0 spiro atoms. The monoisotopic (exact) mass is 383 g/mol. The van der Waals surface area contributed by atoms with Crippen molar-refractivity contribution in [1.29, 1.82) is 0 Å². The van der Waals surface area contributed by atoms with E-state index in [0.29, 0.717) is 37.5 Å². The smallest absolute Gasteiger partial charge is 0.329 e. The number of aromatic amines is 1. The Labute approximate surface area is 162 Å². The quantitative estimate of drug-likeness (QED) is 0.724. The van der Waals surface area contributed by atoms with Gasteiger partial charge in [0, 0.05) is 26.7 Å². The van der Waals surface area contributed by atoms with Gasteiger partial charge in [0.2, 0.25) is 0 Å². The number of aromatic nitrogens is 4. The molecule has 1 aliphatic heterocycles. The van der Waals surface area contributed by atoms with Gasteiger partial charge in [-0.25, -0.2) is 9.78 Å². The highest BCUT2D eigenvalue weighted by atomic mass is 16.5. The maximum atomic E-state index is 12.7. The highest BCUT2D eigenvalue weighted by molar-refractivity contribution is 5.71. The largest absolute Gasteiger partial charge is 0.379 e. The van der Waals surface area contributed by atoms with Gasteiger partial charge in [-0.2, -0.15) is 0 Å². The van der Waals surface area contributed by atoms with Crippen molar-refractivity contribution in [2.24, 2.45) is 7.05 Å². The van der Waals surface area contributed by atoms with Crippen LogP contribution in [0.5, 0.6) is 0 Å². The molecule has 0 unspecified atom stereocenters. The van der Waals surface area contributed by atoms with Gasteiger partial charge in [-0.15, -0.1) is 0 Å². The van der Waals surface area contributed by atoms with Crippen LogP contribution in [0.25, 0.3) is 11.2 Å². The van der Waals surface area contributed by atoms with Crippen molar-refractivity contribution >= 4 is 11.2 Å². The molecule has 3 aromatic rings. The first-order valence-electron chi connectivity index (χ1n) is 9.48. The van der Waals surface area contributed by atoms with E-state index in [1.165, 1.54) is 10.1 Å². The van der Waals surface area contributed by atoms with Gasteiger partial charge < -0.3 is 9.30 Å². The molecule has 0 atom stereocenters. The molecule has 3 heterocycles. The topological polar surface area (TPSA) is 85.2 Å². The fourth-order valence-electron chi connectivity index (χ4n) is 3.67. The first-order chi connectivity index (χ1) is 13.4. The fourth-order valence-corrected chi connectivity index (χ4v) is 3.67. The van der Waals surface area contributed by atoms with Gasteiger partial charge in [-0.1, -0.05) is 23.8 Å². The van der Waals surface area contributed by atoms with Crippen LogP contribution in [-0.4, -0.2) is 50.3 Å². The standard InChI is InChI=1S/C20H25N5O3/c1-13-4-5-14(2)15(10-13)11-25-16(12-24-6-8-28-9-7-24)21-18-17(25)19(26)22-20(27)23(18)3/h4-5,10H,6-9,11-12H2,1-3H3,(H,22,26,27). The maximum Gasteiger partial charge on any atom is 0.329 e. The molecule has 0 radical (unpaired) electrons. The van der Waals surface area contributed by atoms with E-state index in [9.17, 15) is 9.59 Å². The minimum atomic E-state index is -0.452. The Morgan fingerprint density at radius 1 is 1.14 bits per heavy atom. The summed E-state index contributed by atoms with van der Waals surface area (Å²) in [6, 6.07) is 6.30. The molecule has 1 N–H and O–H groups in total. The summed E-state index contributed by atoms with van der Waals surface area (Å²) in [5.41, 5.74) is 3.47. The Kier molecular flexibility index (Phi) is 4.91. The second-order valence-corrected chi connectivity index (χ2v) is 7.42. The van der Waals surface area contributed by atoms with Gasteiger partial charge in [0.25, 0.3) is 5.56 Å². The number of fused-ring (bicyclic) bond motifs is 1. The number of hydrogen-bond acceptors (Lipinski definition) is 5. The number of rotatable bonds is 4. The number of imidazole rings is 1. The van der Waals surface area contributed by atoms with E-state index in [1.54, 1.807) is 7.05 Å². The molecule has 2 aromatic heterocycles. The molecule has 1 saturated heterocycles. The molecule has 0 saturated carbocycles. The van der Waals surface area contributed by atoms with E-state index in [1.807, 2.05) is 4.57 Å². The van der Waals surface area contributed by atoms with Gasteiger partial charge in [0.1, 0.15) is 5.82 Å². The molecule has 0 bridgehead atoms. The van der Waals surface area contributed by atoms with Crippen LogP contribution in [0.1, 0.15) is 22.5 Å². The number of H-pyrrole nitrogens is 1. The molecule has 28 heavy (non-hydrogen) atoms. The van der Waals surface area contributed by atoms with E-state index in [-0.39, 0.29) is 0 Å². The molecular weight excluding hydrogens is 358 g/mol. The van der Waals surface area contributed by atoms with Crippen molar-refractivity contribution in [3.8, 4) is 0 Å². The summed E-state index contributed by atoms with van der Waals surface area (Å²) in [7, 11) is 1.63. The van der Waals surface area contributed by atoms with Crippen LogP contribution in [0, 0.1) is 13.8 Å². The Hall–Kier alpha value is -2.71. The Bertz CT molecular complexity index is 1140. The SMILES string of the molecule is Cc1ccc(C)c(Cn2c(CN3CCOCC3)nc3c2c(=O)[nH]c(=O)n3C)c1. The van der Waals surface area contributed by atoms with Gasteiger partial charge in [-0.05, 0) is 25.0 Å². The van der Waals surface area contributed by atoms with Crippen molar-refractivity contribution in [3.05, 3.63) is 61.6 Å². The zero-order valence-electron chi connectivity index (χ0n) is 16.5.